The van der Waals surface area contributed by atoms with Gasteiger partial charge in [0.15, 0.2) is 6.61 Å². The van der Waals surface area contributed by atoms with Gasteiger partial charge in [-0.15, -0.1) is 0 Å². The normalized spacial score (nSPS) is 10.6. The van der Waals surface area contributed by atoms with E-state index in [0.717, 1.165) is 4.47 Å². The number of amides is 1. The molecule has 26 heavy (non-hydrogen) atoms. The van der Waals surface area contributed by atoms with Crippen molar-refractivity contribution < 1.29 is 24.2 Å². The van der Waals surface area contributed by atoms with Gasteiger partial charge < -0.3 is 14.6 Å². The van der Waals surface area contributed by atoms with E-state index in [1.807, 2.05) is 0 Å². The predicted octanol–water partition coefficient (Wildman–Crippen LogP) is 3.45. The van der Waals surface area contributed by atoms with Crippen molar-refractivity contribution in [1.82, 2.24) is 5.43 Å². The maximum Gasteiger partial charge on any atom is 0.341 e. The summed E-state index contributed by atoms with van der Waals surface area (Å²) in [5.74, 6) is -0.649. The molecule has 0 heterocycles. The number of halogens is 2. The van der Waals surface area contributed by atoms with Crippen LogP contribution in [0, 0.1) is 0 Å². The third-order valence-corrected chi connectivity index (χ3v) is 4.21. The second-order valence-electron chi connectivity index (χ2n) is 4.92. The Kier molecular flexibility index (Phi) is 7.16. The monoisotopic (exact) mass is 484 g/mol. The molecule has 7 nitrogen and oxygen atoms in total. The minimum atomic E-state index is -1.06. The number of hydrogen-bond donors (Lipinski definition) is 2. The summed E-state index contributed by atoms with van der Waals surface area (Å²) in [4.78, 5) is 22.8. The zero-order valence-electron chi connectivity index (χ0n) is 13.5. The lowest BCUT2D eigenvalue weighted by Gasteiger charge is -2.07. The average molecular weight is 486 g/mol. The summed E-state index contributed by atoms with van der Waals surface area (Å²) in [6, 6.07) is 10.0. The molecule has 0 saturated heterocycles. The SMILES string of the molecule is COc1ccc(Br)cc1C(=O)N/N=C\c1ccc(OCC(=O)O)c(Br)c1. The van der Waals surface area contributed by atoms with Gasteiger partial charge in [-0.3, -0.25) is 4.79 Å². The summed E-state index contributed by atoms with van der Waals surface area (Å²) >= 11 is 6.60. The first-order valence-corrected chi connectivity index (χ1v) is 8.80. The number of nitrogens with one attached hydrogen (secondary N) is 1. The lowest BCUT2D eigenvalue weighted by Crippen LogP contribution is -2.18. The lowest BCUT2D eigenvalue weighted by atomic mass is 10.2. The zero-order chi connectivity index (χ0) is 19.1. The molecule has 0 aliphatic carbocycles. The number of methoxy groups -OCH3 is 1. The molecule has 0 aliphatic rings. The van der Waals surface area contributed by atoms with Gasteiger partial charge in [-0.25, -0.2) is 10.2 Å². The molecule has 0 spiro atoms. The minimum Gasteiger partial charge on any atom is -0.496 e. The largest absolute Gasteiger partial charge is 0.496 e. The third kappa shape index (κ3) is 5.57. The van der Waals surface area contributed by atoms with Crippen LogP contribution in [-0.4, -0.2) is 36.9 Å². The van der Waals surface area contributed by atoms with Gasteiger partial charge in [0.05, 0.1) is 23.4 Å². The van der Waals surface area contributed by atoms with E-state index in [9.17, 15) is 9.59 Å². The van der Waals surface area contributed by atoms with Crippen molar-refractivity contribution in [3.8, 4) is 11.5 Å². The van der Waals surface area contributed by atoms with Crippen LogP contribution in [0.25, 0.3) is 0 Å². The fourth-order valence-corrected chi connectivity index (χ4v) is 2.81. The Labute approximate surface area is 166 Å². The van der Waals surface area contributed by atoms with Gasteiger partial charge in [0, 0.05) is 4.47 Å². The number of rotatable bonds is 7. The fourth-order valence-electron chi connectivity index (χ4n) is 1.94. The summed E-state index contributed by atoms with van der Waals surface area (Å²) in [5, 5.41) is 12.5. The Bertz CT molecular complexity index is 855. The standard InChI is InChI=1S/C17H14Br2N2O5/c1-25-14-5-3-11(18)7-12(14)17(24)21-20-8-10-2-4-15(13(19)6-10)26-9-16(22)23/h2-8H,9H2,1H3,(H,21,24)(H,22,23)/b20-8-. The van der Waals surface area contributed by atoms with Gasteiger partial charge in [-0.1, -0.05) is 15.9 Å². The third-order valence-electron chi connectivity index (χ3n) is 3.09. The second kappa shape index (κ2) is 9.35. The highest BCUT2D eigenvalue weighted by atomic mass is 79.9. The maximum atomic E-state index is 12.2. The highest BCUT2D eigenvalue weighted by Crippen LogP contribution is 2.25. The van der Waals surface area contributed by atoms with Crippen LogP contribution < -0.4 is 14.9 Å². The van der Waals surface area contributed by atoms with E-state index in [4.69, 9.17) is 14.6 Å². The van der Waals surface area contributed by atoms with E-state index in [-0.39, 0.29) is 0 Å². The number of benzene rings is 2. The molecule has 9 heteroatoms. The van der Waals surface area contributed by atoms with Crippen molar-refractivity contribution >= 4 is 50.0 Å². The summed E-state index contributed by atoms with van der Waals surface area (Å²) in [5.41, 5.74) is 3.46. The number of nitrogens with zero attached hydrogens (tertiary/aromatic N) is 1. The molecule has 0 bridgehead atoms. The first-order chi connectivity index (χ1) is 12.4. The molecule has 0 radical (unpaired) electrons. The van der Waals surface area contributed by atoms with Gasteiger partial charge >= 0.3 is 5.97 Å². The molecule has 0 atom stereocenters. The van der Waals surface area contributed by atoms with Crippen LogP contribution in [0.2, 0.25) is 0 Å². The van der Waals surface area contributed by atoms with Crippen molar-refractivity contribution in [1.29, 1.82) is 0 Å². The van der Waals surface area contributed by atoms with E-state index >= 15 is 0 Å². The number of hydrazone groups is 1. The fraction of sp³-hybridized carbons (Fsp3) is 0.118. The van der Waals surface area contributed by atoms with E-state index in [2.05, 4.69) is 42.4 Å². The van der Waals surface area contributed by atoms with Gasteiger partial charge in [-0.2, -0.15) is 5.10 Å². The molecule has 0 fully saturated rings. The summed E-state index contributed by atoms with van der Waals surface area (Å²) in [6.45, 7) is -0.434. The van der Waals surface area contributed by atoms with Crippen LogP contribution in [0.4, 0.5) is 0 Å². The van der Waals surface area contributed by atoms with Gasteiger partial charge in [0.1, 0.15) is 11.5 Å². The van der Waals surface area contributed by atoms with Gasteiger partial charge in [0.25, 0.3) is 5.91 Å². The van der Waals surface area contributed by atoms with E-state index in [1.165, 1.54) is 13.3 Å². The summed E-state index contributed by atoms with van der Waals surface area (Å²) in [7, 11) is 1.48. The highest BCUT2D eigenvalue weighted by molar-refractivity contribution is 9.10. The minimum absolute atomic E-state index is 0.345. The Morgan fingerprint density at radius 3 is 2.58 bits per heavy atom. The number of hydrogen-bond acceptors (Lipinski definition) is 5. The highest BCUT2D eigenvalue weighted by Gasteiger charge is 2.12. The summed E-state index contributed by atoms with van der Waals surface area (Å²) in [6.07, 6.45) is 1.45. The van der Waals surface area contributed by atoms with E-state index in [0.29, 0.717) is 27.1 Å². The summed E-state index contributed by atoms with van der Waals surface area (Å²) < 4.78 is 11.6. The van der Waals surface area contributed by atoms with Gasteiger partial charge in [0.2, 0.25) is 0 Å². The predicted molar refractivity (Wildman–Crippen MR) is 103 cm³/mol. The molecule has 1 amide bonds. The number of carbonyl (C=O) groups excluding carboxylic acids is 1. The van der Waals surface area contributed by atoms with Crippen molar-refractivity contribution in [3.05, 3.63) is 56.5 Å². The van der Waals surface area contributed by atoms with Crippen LogP contribution in [0.1, 0.15) is 15.9 Å². The van der Waals surface area contributed by atoms with Crippen LogP contribution in [-0.2, 0) is 4.79 Å². The molecule has 2 rings (SSSR count). The number of carboxylic acids is 1. The molecule has 2 N–H and O–H groups in total. The Morgan fingerprint density at radius 1 is 1.19 bits per heavy atom. The first kappa shape index (κ1) is 19.9. The zero-order valence-corrected chi connectivity index (χ0v) is 16.7. The lowest BCUT2D eigenvalue weighted by molar-refractivity contribution is -0.139. The molecule has 136 valence electrons. The molecule has 0 saturated carbocycles. The van der Waals surface area contributed by atoms with E-state index < -0.39 is 18.5 Å². The molecule has 0 unspecified atom stereocenters. The number of aliphatic carboxylic acids is 1. The molecular weight excluding hydrogens is 472 g/mol. The smallest absolute Gasteiger partial charge is 0.341 e. The quantitative estimate of drug-likeness (QED) is 0.462. The van der Waals surface area contributed by atoms with E-state index in [1.54, 1.807) is 36.4 Å². The van der Waals surface area contributed by atoms with Crippen LogP contribution in [0.5, 0.6) is 11.5 Å². The number of ether oxygens (including phenoxy) is 2. The Morgan fingerprint density at radius 2 is 1.92 bits per heavy atom. The number of carboxylic acid groups (broad SMARTS) is 1. The Balaban J connectivity index is 2.04. The molecule has 2 aromatic rings. The number of carbonyl (C=O) groups is 2. The molecule has 0 aliphatic heterocycles. The van der Waals surface area contributed by atoms with Crippen molar-refractivity contribution in [2.45, 2.75) is 0 Å². The van der Waals surface area contributed by atoms with Crippen molar-refractivity contribution in [3.63, 3.8) is 0 Å². The van der Waals surface area contributed by atoms with Crippen molar-refractivity contribution in [2.24, 2.45) is 5.10 Å². The molecular formula is C17H14Br2N2O5. The van der Waals surface area contributed by atoms with Crippen LogP contribution in [0.15, 0.2) is 50.4 Å². The Hall–Kier alpha value is -2.39. The first-order valence-electron chi connectivity index (χ1n) is 7.22. The van der Waals surface area contributed by atoms with Gasteiger partial charge in [-0.05, 0) is 57.9 Å². The van der Waals surface area contributed by atoms with Crippen molar-refractivity contribution in [2.75, 3.05) is 13.7 Å². The maximum absolute atomic E-state index is 12.2. The molecule has 2 aromatic carbocycles. The van der Waals surface area contributed by atoms with Crippen LogP contribution in [0.3, 0.4) is 0 Å². The second-order valence-corrected chi connectivity index (χ2v) is 6.69. The average Bonchev–Trinajstić information content (AvgIpc) is 2.60. The van der Waals surface area contributed by atoms with Crippen LogP contribution >= 0.6 is 31.9 Å². The molecule has 0 aromatic heterocycles. The topological polar surface area (TPSA) is 97.2 Å².